The summed E-state index contributed by atoms with van der Waals surface area (Å²) in [6, 6.07) is 9.43. The van der Waals surface area contributed by atoms with Gasteiger partial charge in [0, 0.05) is 25.5 Å². The minimum absolute atomic E-state index is 0.222. The van der Waals surface area contributed by atoms with Gasteiger partial charge in [0.05, 0.1) is 11.8 Å². The van der Waals surface area contributed by atoms with Crippen molar-refractivity contribution in [3.05, 3.63) is 48.3 Å². The van der Waals surface area contributed by atoms with E-state index < -0.39 is 6.10 Å². The third-order valence-electron chi connectivity index (χ3n) is 4.22. The smallest absolute Gasteiger partial charge is 0.315 e. The number of benzene rings is 1. The molecule has 2 aromatic rings. The first-order valence-electron chi connectivity index (χ1n) is 8.42. The highest BCUT2D eigenvalue weighted by molar-refractivity contribution is 5.73. The highest BCUT2D eigenvalue weighted by Crippen LogP contribution is 2.12. The van der Waals surface area contributed by atoms with Crippen LogP contribution < -0.4 is 10.6 Å². The van der Waals surface area contributed by atoms with Gasteiger partial charge in [0.25, 0.3) is 0 Å². The summed E-state index contributed by atoms with van der Waals surface area (Å²) < 4.78 is 1.78. The number of aliphatic hydroxyl groups excluding tert-OH is 1. The van der Waals surface area contributed by atoms with Gasteiger partial charge in [-0.25, -0.2) is 9.48 Å². The van der Waals surface area contributed by atoms with Gasteiger partial charge < -0.3 is 15.7 Å². The second-order valence-electron chi connectivity index (χ2n) is 5.82. The number of rotatable bonds is 8. The van der Waals surface area contributed by atoms with Gasteiger partial charge in [0.1, 0.15) is 0 Å². The summed E-state index contributed by atoms with van der Waals surface area (Å²) in [4.78, 5) is 11.8. The molecule has 2 rings (SSSR count). The van der Waals surface area contributed by atoms with Crippen LogP contribution >= 0.6 is 0 Å². The van der Waals surface area contributed by atoms with Crippen LogP contribution in [0.1, 0.15) is 32.3 Å². The molecular weight excluding hydrogens is 304 g/mol. The van der Waals surface area contributed by atoms with Gasteiger partial charge in [-0.15, -0.1) is 0 Å². The molecule has 0 fully saturated rings. The highest BCUT2D eigenvalue weighted by Gasteiger charge is 2.15. The Morgan fingerprint density at radius 3 is 2.50 bits per heavy atom. The molecule has 1 aromatic heterocycles. The molecule has 0 saturated carbocycles. The highest BCUT2D eigenvalue weighted by atomic mass is 16.3. The maximum absolute atomic E-state index is 11.8. The van der Waals surface area contributed by atoms with Crippen molar-refractivity contribution in [3.63, 3.8) is 0 Å². The van der Waals surface area contributed by atoms with Crippen molar-refractivity contribution in [2.75, 3.05) is 6.54 Å². The topological polar surface area (TPSA) is 79.2 Å². The first kappa shape index (κ1) is 18.0. The summed E-state index contributed by atoms with van der Waals surface area (Å²) in [5, 5.41) is 19.7. The summed E-state index contributed by atoms with van der Waals surface area (Å²) in [5.41, 5.74) is 1.98. The lowest BCUT2D eigenvalue weighted by atomic mass is 9.97. The number of carbonyl (C=O) groups excluding carboxylic acids is 1. The largest absolute Gasteiger partial charge is 0.391 e. The van der Waals surface area contributed by atoms with Crippen molar-refractivity contribution in [3.8, 4) is 5.69 Å². The van der Waals surface area contributed by atoms with Crippen molar-refractivity contribution < 1.29 is 9.90 Å². The lowest BCUT2D eigenvalue weighted by molar-refractivity contribution is 0.103. The van der Waals surface area contributed by atoms with E-state index in [1.54, 1.807) is 10.9 Å². The molecule has 1 aromatic carbocycles. The number of amides is 2. The van der Waals surface area contributed by atoms with Gasteiger partial charge in [0.2, 0.25) is 0 Å². The van der Waals surface area contributed by atoms with E-state index in [0.717, 1.165) is 24.1 Å². The third-order valence-corrected chi connectivity index (χ3v) is 4.22. The summed E-state index contributed by atoms with van der Waals surface area (Å²) >= 11 is 0. The maximum atomic E-state index is 11.8. The summed E-state index contributed by atoms with van der Waals surface area (Å²) in [6.45, 7) is 4.80. The van der Waals surface area contributed by atoms with Crippen LogP contribution in [0.4, 0.5) is 4.79 Å². The average Bonchev–Trinajstić information content (AvgIpc) is 3.14. The minimum Gasteiger partial charge on any atom is -0.391 e. The molecule has 6 heteroatoms. The van der Waals surface area contributed by atoms with Crippen LogP contribution in [0.15, 0.2) is 42.7 Å². The number of aliphatic hydroxyl groups is 1. The van der Waals surface area contributed by atoms with Crippen LogP contribution in [0, 0.1) is 5.92 Å². The fourth-order valence-corrected chi connectivity index (χ4v) is 2.63. The molecule has 24 heavy (non-hydrogen) atoms. The third kappa shape index (κ3) is 5.09. The Balaban J connectivity index is 1.75. The molecule has 0 bridgehead atoms. The molecule has 3 N–H and O–H groups in total. The zero-order valence-corrected chi connectivity index (χ0v) is 14.3. The van der Waals surface area contributed by atoms with E-state index in [0.29, 0.717) is 6.54 Å². The van der Waals surface area contributed by atoms with Gasteiger partial charge in [-0.1, -0.05) is 38.8 Å². The van der Waals surface area contributed by atoms with Crippen LogP contribution in [-0.2, 0) is 6.54 Å². The van der Waals surface area contributed by atoms with Gasteiger partial charge in [-0.2, -0.15) is 5.10 Å². The second-order valence-corrected chi connectivity index (χ2v) is 5.82. The van der Waals surface area contributed by atoms with Crippen LogP contribution in [0.2, 0.25) is 0 Å². The molecule has 1 heterocycles. The molecular formula is C18H26N4O2. The van der Waals surface area contributed by atoms with Crippen molar-refractivity contribution in [1.82, 2.24) is 20.4 Å². The monoisotopic (exact) mass is 330 g/mol. The number of aromatic nitrogens is 2. The Morgan fingerprint density at radius 1 is 1.21 bits per heavy atom. The Labute approximate surface area is 142 Å². The van der Waals surface area contributed by atoms with Gasteiger partial charge in [-0.3, -0.25) is 0 Å². The van der Waals surface area contributed by atoms with E-state index in [-0.39, 0.29) is 18.5 Å². The summed E-state index contributed by atoms with van der Waals surface area (Å²) in [6.07, 6.45) is 4.92. The predicted molar refractivity (Wildman–Crippen MR) is 93.9 cm³/mol. The number of hydrogen-bond donors (Lipinski definition) is 3. The fourth-order valence-electron chi connectivity index (χ4n) is 2.63. The first-order chi connectivity index (χ1) is 11.6. The Hall–Kier alpha value is -2.34. The number of hydrogen-bond acceptors (Lipinski definition) is 3. The number of urea groups is 1. The van der Waals surface area contributed by atoms with Crippen LogP contribution in [0.5, 0.6) is 0 Å². The van der Waals surface area contributed by atoms with Crippen LogP contribution in [0.3, 0.4) is 0 Å². The average molecular weight is 330 g/mol. The van der Waals surface area contributed by atoms with E-state index in [2.05, 4.69) is 15.7 Å². The zero-order valence-electron chi connectivity index (χ0n) is 14.3. The van der Waals surface area contributed by atoms with Crippen molar-refractivity contribution >= 4 is 6.03 Å². The molecule has 130 valence electrons. The molecule has 0 aliphatic carbocycles. The Morgan fingerprint density at radius 2 is 1.92 bits per heavy atom. The lowest BCUT2D eigenvalue weighted by Crippen LogP contribution is -2.41. The van der Waals surface area contributed by atoms with E-state index in [1.165, 1.54) is 0 Å². The normalized spacial score (nSPS) is 12.2. The minimum atomic E-state index is -0.501. The van der Waals surface area contributed by atoms with Crippen LogP contribution in [0.25, 0.3) is 5.69 Å². The van der Waals surface area contributed by atoms with Gasteiger partial charge in [-0.05, 0) is 29.7 Å². The molecule has 1 atom stereocenters. The van der Waals surface area contributed by atoms with E-state index in [1.807, 2.05) is 50.4 Å². The maximum Gasteiger partial charge on any atom is 0.315 e. The second kappa shape index (κ2) is 9.08. The molecule has 0 saturated heterocycles. The molecule has 0 aliphatic heterocycles. The number of carbonyl (C=O) groups is 1. The molecule has 6 nitrogen and oxygen atoms in total. The van der Waals surface area contributed by atoms with Crippen molar-refractivity contribution in [1.29, 1.82) is 0 Å². The Kier molecular flexibility index (Phi) is 6.81. The van der Waals surface area contributed by atoms with Gasteiger partial charge in [0.15, 0.2) is 0 Å². The zero-order chi connectivity index (χ0) is 17.4. The van der Waals surface area contributed by atoms with Gasteiger partial charge >= 0.3 is 6.03 Å². The Bertz CT molecular complexity index is 606. The lowest BCUT2D eigenvalue weighted by Gasteiger charge is -2.20. The SMILES string of the molecule is CCC(CC)C(O)CNC(=O)NCc1ccc(-n2cccn2)cc1. The summed E-state index contributed by atoms with van der Waals surface area (Å²) in [7, 11) is 0. The molecule has 0 radical (unpaired) electrons. The quantitative estimate of drug-likeness (QED) is 0.696. The number of nitrogens with zero attached hydrogens (tertiary/aromatic N) is 2. The van der Waals surface area contributed by atoms with E-state index >= 15 is 0 Å². The predicted octanol–water partition coefficient (Wildman–Crippen LogP) is 2.47. The molecule has 0 spiro atoms. The first-order valence-corrected chi connectivity index (χ1v) is 8.42. The molecule has 2 amide bonds. The van der Waals surface area contributed by atoms with Crippen LogP contribution in [-0.4, -0.2) is 33.6 Å². The van der Waals surface area contributed by atoms with Crippen molar-refractivity contribution in [2.45, 2.75) is 39.3 Å². The van der Waals surface area contributed by atoms with E-state index in [4.69, 9.17) is 0 Å². The van der Waals surface area contributed by atoms with Crippen molar-refractivity contribution in [2.24, 2.45) is 5.92 Å². The standard InChI is InChI=1S/C18H26N4O2/c1-3-15(4-2)17(23)13-20-18(24)19-12-14-6-8-16(9-7-14)22-11-5-10-21-22/h5-11,15,17,23H,3-4,12-13H2,1-2H3,(H2,19,20,24). The molecule has 1 unspecified atom stereocenters. The number of nitrogens with one attached hydrogen (secondary N) is 2. The summed E-state index contributed by atoms with van der Waals surface area (Å²) in [5.74, 6) is 0.222. The fraction of sp³-hybridized carbons (Fsp3) is 0.444. The molecule has 0 aliphatic rings. The van der Waals surface area contributed by atoms with E-state index in [9.17, 15) is 9.90 Å².